The highest BCUT2D eigenvalue weighted by atomic mass is 19.1. The number of aromatic nitrogens is 5. The molecule has 15 heteroatoms. The van der Waals surface area contributed by atoms with Gasteiger partial charge in [0.25, 0.3) is 5.91 Å². The third-order valence-corrected chi connectivity index (χ3v) is 9.36. The Morgan fingerprint density at radius 2 is 1.76 bits per heavy atom. The normalized spacial score (nSPS) is 21.8. The molecule has 2 saturated heterocycles. The molecule has 3 atom stereocenters. The van der Waals surface area contributed by atoms with Crippen LogP contribution in [0.2, 0.25) is 0 Å². The largest absolute Gasteiger partial charge is 0.481 e. The Morgan fingerprint density at radius 3 is 2.39 bits per heavy atom. The Kier molecular flexibility index (Phi) is 9.20. The van der Waals surface area contributed by atoms with Crippen LogP contribution < -0.4 is 15.0 Å². The number of piperazine rings is 1. The lowest BCUT2D eigenvalue weighted by atomic mass is 9.94. The van der Waals surface area contributed by atoms with Crippen molar-refractivity contribution in [3.8, 4) is 17.1 Å². The van der Waals surface area contributed by atoms with Gasteiger partial charge in [-0.2, -0.15) is 5.10 Å². The van der Waals surface area contributed by atoms with Gasteiger partial charge in [0.05, 0.1) is 55.6 Å². The van der Waals surface area contributed by atoms with Crippen LogP contribution in [0.1, 0.15) is 76.6 Å². The summed E-state index contributed by atoms with van der Waals surface area (Å²) in [6.45, 7) is 11.3. The maximum Gasteiger partial charge on any atom is 0.410 e. The van der Waals surface area contributed by atoms with E-state index in [9.17, 15) is 18.8 Å². The summed E-state index contributed by atoms with van der Waals surface area (Å²) in [6.07, 6.45) is 7.16. The highest BCUT2D eigenvalue weighted by molar-refractivity contribution is 5.94. The second-order valence-electron chi connectivity index (χ2n) is 14.3. The van der Waals surface area contributed by atoms with E-state index in [4.69, 9.17) is 9.47 Å². The maximum absolute atomic E-state index is 14.4. The van der Waals surface area contributed by atoms with Crippen molar-refractivity contribution in [2.45, 2.75) is 96.0 Å². The lowest BCUT2D eigenvalue weighted by molar-refractivity contribution is -0.121. The topological polar surface area (TPSA) is 159 Å². The van der Waals surface area contributed by atoms with Crippen LogP contribution in [0.4, 0.5) is 14.9 Å². The standard InChI is InChI=1S/C34H44FN9O5/c1-20-18-42(19-21(2)44(20)32(47)49-33(3,4)5)23-15-36-28(37-16-23)13-29(45)39-22-7-10-43(34(14-22)8-9-34)31(46)27-12-26(40-41-27)24-11-30(48-6)38-17-25(24)35/h11-12,15-17,20-22H,7-10,13-14,18-19H2,1-6H3,(H,39,45)(H,40,41)/t20?,21?,22-/m0/s1. The minimum Gasteiger partial charge on any atom is -0.481 e. The molecule has 0 radical (unpaired) electrons. The number of H-pyrrole nitrogens is 1. The van der Waals surface area contributed by atoms with Gasteiger partial charge in [0.2, 0.25) is 11.8 Å². The number of carbonyl (C=O) groups excluding carboxylic acids is 3. The van der Waals surface area contributed by atoms with Gasteiger partial charge >= 0.3 is 6.09 Å². The van der Waals surface area contributed by atoms with Crippen molar-refractivity contribution < 1.29 is 28.2 Å². The van der Waals surface area contributed by atoms with Crippen LogP contribution in [-0.2, 0) is 16.0 Å². The first-order chi connectivity index (χ1) is 23.2. The molecule has 3 fully saturated rings. The molecule has 3 aromatic heterocycles. The zero-order valence-electron chi connectivity index (χ0n) is 28.8. The van der Waals surface area contributed by atoms with Gasteiger partial charge in [-0.25, -0.2) is 24.1 Å². The number of nitrogens with zero attached hydrogens (tertiary/aromatic N) is 7. The van der Waals surface area contributed by atoms with Crippen molar-refractivity contribution in [1.82, 2.24) is 40.3 Å². The Hall–Kier alpha value is -4.82. The number of likely N-dealkylation sites (tertiary alicyclic amines) is 1. The van der Waals surface area contributed by atoms with Crippen LogP contribution in [0.25, 0.3) is 11.3 Å². The number of pyridine rings is 1. The first kappa shape index (κ1) is 34.1. The van der Waals surface area contributed by atoms with Crippen molar-refractivity contribution in [3.63, 3.8) is 0 Å². The number of ether oxygens (including phenoxy) is 2. The SMILES string of the molecule is COc1cc(-c2cc(C(=O)N3CC[C@H](NC(=O)Cc4ncc(N5CC(C)N(C(=O)OC(C)(C)C)C(C)C5)cn4)CC34CC4)[nH]n2)c(F)cn1. The van der Waals surface area contributed by atoms with Gasteiger partial charge in [-0.05, 0) is 66.4 Å². The second kappa shape index (κ2) is 13.2. The third-order valence-electron chi connectivity index (χ3n) is 9.36. The van der Waals surface area contributed by atoms with Crippen LogP contribution in [0.3, 0.4) is 0 Å². The number of anilines is 1. The van der Waals surface area contributed by atoms with Crippen LogP contribution in [0.5, 0.6) is 5.88 Å². The number of nitrogens with one attached hydrogen (secondary N) is 2. The zero-order chi connectivity index (χ0) is 35.1. The first-order valence-corrected chi connectivity index (χ1v) is 16.7. The molecule has 1 spiro atoms. The van der Waals surface area contributed by atoms with E-state index in [2.05, 4.69) is 35.4 Å². The Balaban J connectivity index is 1.01. The number of halogens is 1. The molecule has 3 aliphatic rings. The zero-order valence-corrected chi connectivity index (χ0v) is 28.8. The number of hydrogen-bond donors (Lipinski definition) is 2. The van der Waals surface area contributed by atoms with E-state index in [0.717, 1.165) is 24.7 Å². The molecule has 6 rings (SSSR count). The van der Waals surface area contributed by atoms with E-state index in [1.54, 1.807) is 23.4 Å². The van der Waals surface area contributed by atoms with E-state index in [0.29, 0.717) is 38.3 Å². The monoisotopic (exact) mass is 677 g/mol. The van der Waals surface area contributed by atoms with Gasteiger partial charge in [-0.1, -0.05) is 0 Å². The predicted molar refractivity (Wildman–Crippen MR) is 177 cm³/mol. The summed E-state index contributed by atoms with van der Waals surface area (Å²) in [4.78, 5) is 57.9. The minimum absolute atomic E-state index is 0.0406. The molecule has 14 nitrogen and oxygen atoms in total. The molecule has 3 aromatic rings. The van der Waals surface area contributed by atoms with Crippen molar-refractivity contribution in [2.75, 3.05) is 31.6 Å². The van der Waals surface area contributed by atoms with Crippen LogP contribution >= 0.6 is 0 Å². The van der Waals surface area contributed by atoms with Gasteiger partial charge in [0.1, 0.15) is 17.1 Å². The summed E-state index contributed by atoms with van der Waals surface area (Å²) in [5.41, 5.74) is 0.678. The van der Waals surface area contributed by atoms with E-state index >= 15 is 0 Å². The molecular weight excluding hydrogens is 633 g/mol. The number of aromatic amines is 1. The molecule has 1 aliphatic carbocycles. The fraction of sp³-hybridized carbons (Fsp3) is 0.559. The Morgan fingerprint density at radius 1 is 1.06 bits per heavy atom. The number of carbonyl (C=O) groups is 3. The number of hydrogen-bond acceptors (Lipinski definition) is 10. The van der Waals surface area contributed by atoms with Crippen LogP contribution in [-0.4, -0.2) is 109 Å². The lowest BCUT2D eigenvalue weighted by Gasteiger charge is -2.45. The molecule has 2 N–H and O–H groups in total. The van der Waals surface area contributed by atoms with Gasteiger partial charge in [-0.15, -0.1) is 0 Å². The smallest absolute Gasteiger partial charge is 0.410 e. The number of methoxy groups -OCH3 is 1. The van der Waals surface area contributed by atoms with Gasteiger partial charge in [0.15, 0.2) is 5.82 Å². The molecular formula is C34H44FN9O5. The summed E-state index contributed by atoms with van der Waals surface area (Å²) in [5, 5.41) is 10.1. The molecule has 49 heavy (non-hydrogen) atoms. The molecule has 5 heterocycles. The number of amides is 3. The summed E-state index contributed by atoms with van der Waals surface area (Å²) < 4.78 is 25.1. The summed E-state index contributed by atoms with van der Waals surface area (Å²) in [7, 11) is 1.44. The molecule has 0 aromatic carbocycles. The van der Waals surface area contributed by atoms with E-state index in [-0.39, 0.29) is 70.8 Å². The molecule has 2 aliphatic heterocycles. The molecule has 2 unspecified atom stereocenters. The Bertz CT molecular complexity index is 1690. The molecule has 0 bridgehead atoms. The molecule has 3 amide bonds. The fourth-order valence-corrected chi connectivity index (χ4v) is 6.93. The van der Waals surface area contributed by atoms with E-state index in [1.807, 2.05) is 39.5 Å². The fourth-order valence-electron chi connectivity index (χ4n) is 6.93. The molecule has 262 valence electrons. The van der Waals surface area contributed by atoms with E-state index in [1.165, 1.54) is 13.2 Å². The minimum atomic E-state index is -0.567. The summed E-state index contributed by atoms with van der Waals surface area (Å²) in [5.74, 6) is -0.280. The van der Waals surface area contributed by atoms with Crippen molar-refractivity contribution >= 4 is 23.6 Å². The van der Waals surface area contributed by atoms with Gasteiger partial charge in [0, 0.05) is 42.8 Å². The average Bonchev–Trinajstić information content (AvgIpc) is 3.60. The quantitative estimate of drug-likeness (QED) is 0.377. The second-order valence-corrected chi connectivity index (χ2v) is 14.3. The van der Waals surface area contributed by atoms with Gasteiger partial charge < -0.3 is 24.6 Å². The van der Waals surface area contributed by atoms with Crippen molar-refractivity contribution in [3.05, 3.63) is 48.1 Å². The first-order valence-electron chi connectivity index (χ1n) is 16.7. The lowest BCUT2D eigenvalue weighted by Crippen LogP contribution is -2.59. The van der Waals surface area contributed by atoms with Crippen LogP contribution in [0, 0.1) is 5.82 Å². The maximum atomic E-state index is 14.4. The molecule has 1 saturated carbocycles. The highest BCUT2D eigenvalue weighted by Gasteiger charge is 2.54. The Labute approximate surface area is 284 Å². The van der Waals surface area contributed by atoms with Crippen molar-refractivity contribution in [1.29, 1.82) is 0 Å². The summed E-state index contributed by atoms with van der Waals surface area (Å²) >= 11 is 0. The predicted octanol–water partition coefficient (Wildman–Crippen LogP) is 3.74. The highest BCUT2D eigenvalue weighted by Crippen LogP contribution is 2.49. The summed E-state index contributed by atoms with van der Waals surface area (Å²) in [6, 6.07) is 2.75. The number of piperidine rings is 1. The van der Waals surface area contributed by atoms with E-state index < -0.39 is 11.4 Å². The number of rotatable bonds is 7. The van der Waals surface area contributed by atoms with Crippen LogP contribution in [0.15, 0.2) is 30.7 Å². The third kappa shape index (κ3) is 7.44. The van der Waals surface area contributed by atoms with Crippen molar-refractivity contribution in [2.24, 2.45) is 0 Å². The average molecular weight is 678 g/mol. The van der Waals surface area contributed by atoms with Gasteiger partial charge in [-0.3, -0.25) is 19.6 Å².